The van der Waals surface area contributed by atoms with Gasteiger partial charge in [-0.3, -0.25) is 20.3 Å². The van der Waals surface area contributed by atoms with Crippen LogP contribution in [0.3, 0.4) is 0 Å². The first kappa shape index (κ1) is 18.6. The third-order valence-corrected chi connectivity index (χ3v) is 4.73. The molecule has 29 heavy (non-hydrogen) atoms. The number of nitro groups is 1. The van der Waals surface area contributed by atoms with Crippen molar-refractivity contribution in [2.75, 3.05) is 6.61 Å². The fraction of sp³-hybridized carbons (Fsp3) is 0.111. The van der Waals surface area contributed by atoms with E-state index in [1.54, 1.807) is 31.2 Å². The quantitative estimate of drug-likeness (QED) is 0.452. The van der Waals surface area contributed by atoms with Crippen LogP contribution >= 0.6 is 11.8 Å². The molecule has 0 spiro atoms. The van der Waals surface area contributed by atoms with Crippen LogP contribution in [-0.4, -0.2) is 39.0 Å². The van der Waals surface area contributed by atoms with Gasteiger partial charge in [-0.2, -0.15) is 15.1 Å². The highest BCUT2D eigenvalue weighted by atomic mass is 32.2. The molecule has 0 radical (unpaired) electrons. The van der Waals surface area contributed by atoms with Crippen molar-refractivity contribution >= 4 is 46.0 Å². The minimum atomic E-state index is -0.579. The summed E-state index contributed by atoms with van der Waals surface area (Å²) in [6, 6.07) is 7.61. The van der Waals surface area contributed by atoms with E-state index in [1.807, 2.05) is 0 Å². The van der Waals surface area contributed by atoms with E-state index in [9.17, 15) is 14.9 Å². The largest absolute Gasteiger partial charge is 0.494 e. The highest BCUT2D eigenvalue weighted by Gasteiger charge is 2.32. The third kappa shape index (κ3) is 3.43. The first-order chi connectivity index (χ1) is 14.0. The fourth-order valence-electron chi connectivity index (χ4n) is 2.78. The number of ether oxygens (including phenoxy) is 1. The Hall–Kier alpha value is -3.73. The van der Waals surface area contributed by atoms with Crippen molar-refractivity contribution in [3.63, 3.8) is 0 Å². The number of carbonyl (C=O) groups is 1. The van der Waals surface area contributed by atoms with E-state index in [1.165, 1.54) is 22.7 Å². The second-order valence-electron chi connectivity index (χ2n) is 5.83. The molecule has 2 aliphatic rings. The average Bonchev–Trinajstić information content (AvgIpc) is 3.35. The van der Waals surface area contributed by atoms with Gasteiger partial charge in [0.15, 0.2) is 11.0 Å². The molecule has 1 aromatic heterocycles. The van der Waals surface area contributed by atoms with Gasteiger partial charge in [-0.05, 0) is 49.0 Å². The molecule has 10 nitrogen and oxygen atoms in total. The van der Waals surface area contributed by atoms with Crippen molar-refractivity contribution in [3.05, 3.63) is 51.8 Å². The van der Waals surface area contributed by atoms with Gasteiger partial charge in [0.05, 0.1) is 34.3 Å². The molecule has 2 aliphatic heterocycles. The Morgan fingerprint density at radius 1 is 1.38 bits per heavy atom. The molecule has 146 valence electrons. The van der Waals surface area contributed by atoms with Crippen molar-refractivity contribution in [1.29, 1.82) is 5.41 Å². The van der Waals surface area contributed by atoms with Gasteiger partial charge >= 0.3 is 0 Å². The molecule has 0 saturated heterocycles. The molecule has 4 rings (SSSR count). The topological polar surface area (TPSA) is 134 Å². The zero-order valence-corrected chi connectivity index (χ0v) is 15.8. The average molecular weight is 411 g/mol. The van der Waals surface area contributed by atoms with Gasteiger partial charge < -0.3 is 9.15 Å². The molecule has 0 bridgehead atoms. The summed E-state index contributed by atoms with van der Waals surface area (Å²) in [5, 5.41) is 25.2. The van der Waals surface area contributed by atoms with E-state index >= 15 is 0 Å². The number of amidine groups is 2. The molecular weight excluding hydrogens is 398 g/mol. The molecule has 2 aromatic rings. The number of hydrazone groups is 1. The summed E-state index contributed by atoms with van der Waals surface area (Å²) in [6.07, 6.45) is 1.37. The number of furan rings is 1. The number of benzene rings is 1. The van der Waals surface area contributed by atoms with Crippen LogP contribution in [0.4, 0.5) is 5.69 Å². The van der Waals surface area contributed by atoms with Crippen molar-refractivity contribution in [3.8, 4) is 17.1 Å². The number of thioether (sulfide) groups is 1. The lowest BCUT2D eigenvalue weighted by Gasteiger charge is -2.19. The number of amides is 1. The number of nitro benzene ring substituents is 1. The number of hydrogen-bond donors (Lipinski definition) is 1. The molecule has 3 heterocycles. The number of nitrogens with zero attached hydrogens (tertiary/aromatic N) is 4. The lowest BCUT2D eigenvalue weighted by Crippen LogP contribution is -2.35. The summed E-state index contributed by atoms with van der Waals surface area (Å²) in [7, 11) is 0. The van der Waals surface area contributed by atoms with Crippen LogP contribution in [0.2, 0.25) is 0 Å². The van der Waals surface area contributed by atoms with E-state index in [2.05, 4.69) is 10.1 Å². The first-order valence-corrected chi connectivity index (χ1v) is 9.30. The summed E-state index contributed by atoms with van der Waals surface area (Å²) in [4.78, 5) is 27.1. The summed E-state index contributed by atoms with van der Waals surface area (Å²) in [6.45, 7) is 2.17. The molecule has 0 unspecified atom stereocenters. The normalized spacial score (nSPS) is 16.9. The number of nitrogens with one attached hydrogen (secondary N) is 1. The third-order valence-electron chi connectivity index (χ3n) is 4.05. The van der Waals surface area contributed by atoms with E-state index < -0.39 is 10.8 Å². The van der Waals surface area contributed by atoms with E-state index in [0.717, 1.165) is 11.8 Å². The minimum Gasteiger partial charge on any atom is -0.494 e. The van der Waals surface area contributed by atoms with Crippen molar-refractivity contribution in [1.82, 2.24) is 5.01 Å². The molecule has 11 heteroatoms. The second kappa shape index (κ2) is 7.36. The summed E-state index contributed by atoms with van der Waals surface area (Å²) in [5.41, 5.74) is 1.60. The van der Waals surface area contributed by atoms with Gasteiger partial charge in [0, 0.05) is 0 Å². The van der Waals surface area contributed by atoms with Crippen molar-refractivity contribution < 1.29 is 18.9 Å². The van der Waals surface area contributed by atoms with Gasteiger partial charge in [0.25, 0.3) is 11.6 Å². The standard InChI is InChI=1S/C18H13N5O5S/c1-2-27-10-3-5-12(14(8-10)23(25)26)15-6-4-11(28-15)7-13-16(19)22-18(21-17(13)24)29-9-20-22/h3-9,19H,2H2,1H3/b13-7-,19-16?. The lowest BCUT2D eigenvalue weighted by atomic mass is 10.1. The summed E-state index contributed by atoms with van der Waals surface area (Å²) < 4.78 is 11.0. The van der Waals surface area contributed by atoms with Crippen LogP contribution in [0.25, 0.3) is 17.4 Å². The van der Waals surface area contributed by atoms with Crippen LogP contribution in [0.15, 0.2) is 50.4 Å². The molecular formula is C18H13N5O5S. The Kier molecular flexibility index (Phi) is 4.72. The van der Waals surface area contributed by atoms with Gasteiger partial charge in [-0.15, -0.1) is 0 Å². The van der Waals surface area contributed by atoms with Gasteiger partial charge in [-0.1, -0.05) is 0 Å². The molecule has 0 aliphatic carbocycles. The lowest BCUT2D eigenvalue weighted by molar-refractivity contribution is -0.384. The van der Waals surface area contributed by atoms with Gasteiger partial charge in [0.2, 0.25) is 0 Å². The highest BCUT2D eigenvalue weighted by Crippen LogP contribution is 2.35. The predicted molar refractivity (Wildman–Crippen MR) is 108 cm³/mol. The predicted octanol–water partition coefficient (Wildman–Crippen LogP) is 3.50. The van der Waals surface area contributed by atoms with Crippen molar-refractivity contribution in [2.24, 2.45) is 10.1 Å². The number of carbonyl (C=O) groups excluding carboxylic acids is 1. The Morgan fingerprint density at radius 3 is 2.97 bits per heavy atom. The van der Waals surface area contributed by atoms with E-state index in [-0.39, 0.29) is 34.2 Å². The fourth-order valence-corrected chi connectivity index (χ4v) is 3.39. The van der Waals surface area contributed by atoms with E-state index in [0.29, 0.717) is 17.5 Å². The molecule has 1 amide bonds. The highest BCUT2D eigenvalue weighted by molar-refractivity contribution is 8.25. The monoisotopic (exact) mass is 411 g/mol. The second-order valence-corrected chi connectivity index (χ2v) is 6.64. The molecule has 0 saturated carbocycles. The summed E-state index contributed by atoms with van der Waals surface area (Å²) in [5.74, 6) is 0.192. The summed E-state index contributed by atoms with van der Waals surface area (Å²) >= 11 is 1.15. The Morgan fingerprint density at radius 2 is 2.21 bits per heavy atom. The number of fused-ring (bicyclic) bond motifs is 1. The van der Waals surface area contributed by atoms with Crippen molar-refractivity contribution in [2.45, 2.75) is 6.92 Å². The number of hydrogen-bond acceptors (Lipinski definition) is 8. The minimum absolute atomic E-state index is 0.00972. The SMILES string of the molecule is CCOc1ccc(-c2ccc(/C=C3/C(=N)N4N=CSC4=NC3=O)o2)c([N+](=O)[O-])c1. The van der Waals surface area contributed by atoms with Crippen LogP contribution in [-0.2, 0) is 4.79 Å². The number of aliphatic imine (C=N–C) groups is 1. The number of rotatable bonds is 5. The molecule has 1 aromatic carbocycles. The molecule has 1 N–H and O–H groups in total. The molecule has 0 fully saturated rings. The van der Waals surface area contributed by atoms with Crippen LogP contribution in [0.1, 0.15) is 12.7 Å². The first-order valence-electron chi connectivity index (χ1n) is 8.42. The van der Waals surface area contributed by atoms with Gasteiger partial charge in [-0.25, -0.2) is 0 Å². The van der Waals surface area contributed by atoms with Crippen LogP contribution < -0.4 is 4.74 Å². The molecule has 0 atom stereocenters. The van der Waals surface area contributed by atoms with Crippen LogP contribution in [0.5, 0.6) is 5.75 Å². The smallest absolute Gasteiger partial charge is 0.284 e. The maximum atomic E-state index is 12.2. The van der Waals surface area contributed by atoms with E-state index in [4.69, 9.17) is 14.6 Å². The maximum Gasteiger partial charge on any atom is 0.284 e. The zero-order chi connectivity index (χ0) is 20.5. The Bertz CT molecular complexity index is 1130. The van der Waals surface area contributed by atoms with Crippen LogP contribution in [0, 0.1) is 15.5 Å². The zero-order valence-electron chi connectivity index (χ0n) is 15.0. The Balaban J connectivity index is 1.68. The maximum absolute atomic E-state index is 12.2. The Labute approximate surface area is 168 Å². The van der Waals surface area contributed by atoms with Gasteiger partial charge in [0.1, 0.15) is 17.3 Å².